The van der Waals surface area contributed by atoms with Crippen molar-refractivity contribution in [1.29, 1.82) is 0 Å². The van der Waals surface area contributed by atoms with E-state index in [-0.39, 0.29) is 24.3 Å². The summed E-state index contributed by atoms with van der Waals surface area (Å²) >= 11 is 0. The van der Waals surface area contributed by atoms with Crippen molar-refractivity contribution < 1.29 is 19.1 Å². The van der Waals surface area contributed by atoms with Gasteiger partial charge in [0.15, 0.2) is 6.61 Å². The minimum Gasteiger partial charge on any atom is -0.452 e. The summed E-state index contributed by atoms with van der Waals surface area (Å²) in [5.41, 5.74) is 8.26. The summed E-state index contributed by atoms with van der Waals surface area (Å²) in [5, 5.41) is 0. The average Bonchev–Trinajstić information content (AvgIpc) is 3.07. The van der Waals surface area contributed by atoms with Crippen LogP contribution >= 0.6 is 0 Å². The molecule has 1 aromatic carbocycles. The zero-order valence-electron chi connectivity index (χ0n) is 13.6. The number of likely N-dealkylation sites (tertiary alicyclic amines) is 1. The minimum atomic E-state index is -0.468. The number of amides is 2. The van der Waals surface area contributed by atoms with Crippen LogP contribution < -0.4 is 5.73 Å². The van der Waals surface area contributed by atoms with E-state index in [4.69, 9.17) is 10.5 Å². The van der Waals surface area contributed by atoms with E-state index >= 15 is 0 Å². The molecule has 2 aliphatic rings. The first-order valence-electron chi connectivity index (χ1n) is 8.40. The first-order valence-corrected chi connectivity index (χ1v) is 8.40. The molecule has 0 aromatic heterocycles. The standard InChI is InChI=1S/C18H22N2O4/c19-17(22)13-6-8-20(9-7-13)16(21)11-24-18(23)15-5-4-12-2-1-3-14(12)10-15/h4-5,10,13H,1-3,6-9,11H2,(H2,19,22). The molecule has 6 heteroatoms. The molecule has 0 atom stereocenters. The molecule has 128 valence electrons. The Morgan fingerprint density at radius 3 is 2.54 bits per heavy atom. The fourth-order valence-electron chi connectivity index (χ4n) is 3.41. The van der Waals surface area contributed by atoms with Crippen molar-refractivity contribution in [2.45, 2.75) is 32.1 Å². The van der Waals surface area contributed by atoms with Crippen LogP contribution in [0.4, 0.5) is 0 Å². The lowest BCUT2D eigenvalue weighted by Gasteiger charge is -2.30. The molecule has 0 radical (unpaired) electrons. The van der Waals surface area contributed by atoms with Crippen LogP contribution in [0.3, 0.4) is 0 Å². The number of benzene rings is 1. The number of carbonyl (C=O) groups excluding carboxylic acids is 3. The number of fused-ring (bicyclic) bond motifs is 1. The second-order valence-corrected chi connectivity index (χ2v) is 6.47. The molecule has 0 bridgehead atoms. The number of esters is 1. The number of ether oxygens (including phenoxy) is 1. The smallest absolute Gasteiger partial charge is 0.338 e. The van der Waals surface area contributed by atoms with E-state index in [0.717, 1.165) is 19.3 Å². The fraction of sp³-hybridized carbons (Fsp3) is 0.500. The number of nitrogens with zero attached hydrogens (tertiary/aromatic N) is 1. The van der Waals surface area contributed by atoms with Gasteiger partial charge in [0.1, 0.15) is 0 Å². The topological polar surface area (TPSA) is 89.7 Å². The monoisotopic (exact) mass is 330 g/mol. The van der Waals surface area contributed by atoms with Crippen molar-refractivity contribution in [3.05, 3.63) is 34.9 Å². The molecule has 0 unspecified atom stereocenters. The zero-order valence-corrected chi connectivity index (χ0v) is 13.6. The highest BCUT2D eigenvalue weighted by molar-refractivity contribution is 5.91. The van der Waals surface area contributed by atoms with E-state index in [2.05, 4.69) is 0 Å². The molecular formula is C18H22N2O4. The molecule has 0 spiro atoms. The highest BCUT2D eigenvalue weighted by Crippen LogP contribution is 2.23. The Morgan fingerprint density at radius 2 is 1.83 bits per heavy atom. The number of aryl methyl sites for hydroxylation is 2. The van der Waals surface area contributed by atoms with E-state index in [0.29, 0.717) is 31.5 Å². The number of nitrogens with two attached hydrogens (primary N) is 1. The molecule has 1 fully saturated rings. The lowest BCUT2D eigenvalue weighted by Crippen LogP contribution is -2.43. The van der Waals surface area contributed by atoms with Gasteiger partial charge in [-0.15, -0.1) is 0 Å². The third-order valence-electron chi connectivity index (χ3n) is 4.91. The van der Waals surface area contributed by atoms with Gasteiger partial charge in [-0.25, -0.2) is 4.79 Å². The summed E-state index contributed by atoms with van der Waals surface area (Å²) in [6, 6.07) is 5.60. The Hall–Kier alpha value is -2.37. The number of hydrogen-bond donors (Lipinski definition) is 1. The largest absolute Gasteiger partial charge is 0.452 e. The van der Waals surface area contributed by atoms with Crippen molar-refractivity contribution in [1.82, 2.24) is 4.90 Å². The van der Waals surface area contributed by atoms with Gasteiger partial charge in [0.2, 0.25) is 5.91 Å². The maximum absolute atomic E-state index is 12.1. The molecule has 1 aliphatic heterocycles. The molecule has 1 aliphatic carbocycles. The third kappa shape index (κ3) is 3.58. The summed E-state index contributed by atoms with van der Waals surface area (Å²) in [6.45, 7) is 0.683. The van der Waals surface area contributed by atoms with Crippen molar-refractivity contribution in [2.75, 3.05) is 19.7 Å². The van der Waals surface area contributed by atoms with Crippen LogP contribution in [-0.4, -0.2) is 42.4 Å². The number of hydrogen-bond acceptors (Lipinski definition) is 4. The molecule has 0 saturated carbocycles. The van der Waals surface area contributed by atoms with Gasteiger partial charge in [-0.2, -0.15) is 0 Å². The van der Waals surface area contributed by atoms with E-state index in [1.165, 1.54) is 11.1 Å². The van der Waals surface area contributed by atoms with Gasteiger partial charge in [0.25, 0.3) is 5.91 Å². The van der Waals surface area contributed by atoms with E-state index < -0.39 is 5.97 Å². The van der Waals surface area contributed by atoms with Crippen LogP contribution in [-0.2, 0) is 27.2 Å². The van der Waals surface area contributed by atoms with Gasteiger partial charge in [-0.05, 0) is 55.4 Å². The second kappa shape index (κ2) is 7.03. The lowest BCUT2D eigenvalue weighted by atomic mass is 9.96. The summed E-state index contributed by atoms with van der Waals surface area (Å²) < 4.78 is 5.16. The van der Waals surface area contributed by atoms with Crippen molar-refractivity contribution in [2.24, 2.45) is 11.7 Å². The Bertz CT molecular complexity index is 663. The maximum Gasteiger partial charge on any atom is 0.338 e. The quantitative estimate of drug-likeness (QED) is 0.836. The number of carbonyl (C=O) groups is 3. The molecule has 1 saturated heterocycles. The van der Waals surface area contributed by atoms with Crippen molar-refractivity contribution >= 4 is 17.8 Å². The number of primary amides is 1. The first-order chi connectivity index (χ1) is 11.5. The zero-order chi connectivity index (χ0) is 17.1. The Morgan fingerprint density at radius 1 is 1.12 bits per heavy atom. The fourth-order valence-corrected chi connectivity index (χ4v) is 3.41. The predicted molar refractivity (Wildman–Crippen MR) is 87.2 cm³/mol. The average molecular weight is 330 g/mol. The number of rotatable bonds is 4. The molecule has 6 nitrogen and oxygen atoms in total. The van der Waals surface area contributed by atoms with Gasteiger partial charge in [0.05, 0.1) is 5.56 Å². The van der Waals surface area contributed by atoms with E-state index in [1.54, 1.807) is 11.0 Å². The van der Waals surface area contributed by atoms with Crippen LogP contribution in [0.15, 0.2) is 18.2 Å². The van der Waals surface area contributed by atoms with Gasteiger partial charge in [0, 0.05) is 19.0 Å². The lowest BCUT2D eigenvalue weighted by molar-refractivity contribution is -0.137. The molecule has 3 rings (SSSR count). The molecule has 1 heterocycles. The van der Waals surface area contributed by atoms with Crippen molar-refractivity contribution in [3.8, 4) is 0 Å². The third-order valence-corrected chi connectivity index (χ3v) is 4.91. The Kier molecular flexibility index (Phi) is 4.83. The van der Waals surface area contributed by atoms with E-state index in [9.17, 15) is 14.4 Å². The first kappa shape index (κ1) is 16.5. The van der Waals surface area contributed by atoms with Crippen LogP contribution in [0.25, 0.3) is 0 Å². The van der Waals surface area contributed by atoms with Gasteiger partial charge in [-0.3, -0.25) is 9.59 Å². The molecule has 1 aromatic rings. The van der Waals surface area contributed by atoms with Crippen LogP contribution in [0, 0.1) is 5.92 Å². The minimum absolute atomic E-state index is 0.164. The molecular weight excluding hydrogens is 308 g/mol. The maximum atomic E-state index is 12.1. The van der Waals surface area contributed by atoms with Crippen molar-refractivity contribution in [3.63, 3.8) is 0 Å². The summed E-state index contributed by atoms with van der Waals surface area (Å²) in [5.74, 6) is -1.18. The van der Waals surface area contributed by atoms with Crippen LogP contribution in [0.5, 0.6) is 0 Å². The highest BCUT2D eigenvalue weighted by Gasteiger charge is 2.26. The summed E-state index contributed by atoms with van der Waals surface area (Å²) in [6.07, 6.45) is 4.31. The molecule has 2 N–H and O–H groups in total. The summed E-state index contributed by atoms with van der Waals surface area (Å²) in [4.78, 5) is 37.0. The van der Waals surface area contributed by atoms with Gasteiger partial charge >= 0.3 is 5.97 Å². The van der Waals surface area contributed by atoms with Gasteiger partial charge < -0.3 is 15.4 Å². The van der Waals surface area contributed by atoms with Crippen LogP contribution in [0.2, 0.25) is 0 Å². The predicted octanol–water partition coefficient (Wildman–Crippen LogP) is 1.06. The normalized spacial score (nSPS) is 17.4. The molecule has 24 heavy (non-hydrogen) atoms. The van der Waals surface area contributed by atoms with Crippen LogP contribution in [0.1, 0.15) is 40.7 Å². The van der Waals surface area contributed by atoms with Gasteiger partial charge in [-0.1, -0.05) is 6.07 Å². The Balaban J connectivity index is 1.49. The SMILES string of the molecule is NC(=O)C1CCN(C(=O)COC(=O)c2ccc3c(c2)CCC3)CC1. The molecule has 2 amide bonds. The summed E-state index contributed by atoms with van der Waals surface area (Å²) in [7, 11) is 0. The Labute approximate surface area is 140 Å². The number of piperidine rings is 1. The van der Waals surface area contributed by atoms with E-state index in [1.807, 2.05) is 12.1 Å². The second-order valence-electron chi connectivity index (χ2n) is 6.47. The highest BCUT2D eigenvalue weighted by atomic mass is 16.5.